The summed E-state index contributed by atoms with van der Waals surface area (Å²) in [7, 11) is 0. The van der Waals surface area contributed by atoms with Gasteiger partial charge in [0, 0.05) is 17.0 Å². The Kier molecular flexibility index (Phi) is 6.65. The number of hydrogen-bond acceptors (Lipinski definition) is 4. The van der Waals surface area contributed by atoms with Crippen LogP contribution in [0.25, 0.3) is 0 Å². The Morgan fingerprint density at radius 2 is 1.59 bits per heavy atom. The lowest BCUT2D eigenvalue weighted by atomic mass is 10.1. The first-order chi connectivity index (χ1) is 14.0. The zero-order chi connectivity index (χ0) is 20.6. The summed E-state index contributed by atoms with van der Waals surface area (Å²) < 4.78 is 5.07. The monoisotopic (exact) mass is 411 g/mol. The Hall–Kier alpha value is -3.58. The lowest BCUT2D eigenvalue weighted by Gasteiger charge is -2.18. The van der Waals surface area contributed by atoms with Crippen molar-refractivity contribution in [2.45, 2.75) is 12.5 Å². The Balaban J connectivity index is 1.66. The molecule has 0 bridgehead atoms. The minimum absolute atomic E-state index is 0.0843. The number of carbonyl (C=O) groups excluding carboxylic acids is 3. The maximum atomic E-state index is 12.7. The van der Waals surface area contributed by atoms with Gasteiger partial charge in [0.2, 0.25) is 0 Å². The summed E-state index contributed by atoms with van der Waals surface area (Å²) in [4.78, 5) is 37.1. The van der Waals surface area contributed by atoms with Gasteiger partial charge in [-0.05, 0) is 42.0 Å². The highest BCUT2D eigenvalue weighted by atomic mass is 35.5. The molecule has 1 unspecified atom stereocenters. The van der Waals surface area contributed by atoms with Crippen molar-refractivity contribution < 1.29 is 18.8 Å². The number of benzene rings is 2. The number of carbonyl (C=O) groups is 3. The fourth-order valence-electron chi connectivity index (χ4n) is 2.58. The zero-order valence-electron chi connectivity index (χ0n) is 15.2. The van der Waals surface area contributed by atoms with Gasteiger partial charge < -0.3 is 9.73 Å². The number of nitrogens with one attached hydrogen (secondary N) is 3. The molecule has 1 aromatic heterocycles. The van der Waals surface area contributed by atoms with Gasteiger partial charge in [-0.1, -0.05) is 41.9 Å². The predicted octanol–water partition coefficient (Wildman–Crippen LogP) is 2.74. The van der Waals surface area contributed by atoms with Gasteiger partial charge >= 0.3 is 0 Å². The smallest absolute Gasteiger partial charge is 0.287 e. The standard InChI is InChI=1S/C21H18ClN3O4/c22-16-10-8-15(9-11-16)19(26)24-25-20(27)17(13-14-5-2-1-3-6-14)23-21(28)18-7-4-12-29-18/h1-12,17H,13H2,(H,23,28)(H,24,26)(H,25,27). The summed E-state index contributed by atoms with van der Waals surface area (Å²) in [5.41, 5.74) is 5.86. The van der Waals surface area contributed by atoms with Gasteiger partial charge in [0.05, 0.1) is 6.26 Å². The first-order valence-electron chi connectivity index (χ1n) is 8.77. The number of halogens is 1. The molecule has 0 spiro atoms. The molecule has 3 N–H and O–H groups in total. The van der Waals surface area contributed by atoms with Crippen molar-refractivity contribution in [2.24, 2.45) is 0 Å². The molecule has 1 heterocycles. The largest absolute Gasteiger partial charge is 0.459 e. The average molecular weight is 412 g/mol. The minimum Gasteiger partial charge on any atom is -0.459 e. The molecule has 0 aliphatic carbocycles. The van der Waals surface area contributed by atoms with Gasteiger partial charge in [-0.3, -0.25) is 25.2 Å². The van der Waals surface area contributed by atoms with E-state index >= 15 is 0 Å². The normalized spacial score (nSPS) is 11.3. The topological polar surface area (TPSA) is 100 Å². The van der Waals surface area contributed by atoms with Crippen LogP contribution in [0.2, 0.25) is 5.02 Å². The number of rotatable bonds is 6. The molecular weight excluding hydrogens is 394 g/mol. The van der Waals surface area contributed by atoms with Crippen molar-refractivity contribution in [3.63, 3.8) is 0 Å². The van der Waals surface area contributed by atoms with Crippen molar-refractivity contribution in [1.82, 2.24) is 16.2 Å². The van der Waals surface area contributed by atoms with Crippen LogP contribution >= 0.6 is 11.6 Å². The van der Waals surface area contributed by atoms with E-state index in [0.29, 0.717) is 10.6 Å². The number of furan rings is 1. The third-order valence-electron chi connectivity index (χ3n) is 4.06. The van der Waals surface area contributed by atoms with Crippen LogP contribution < -0.4 is 16.2 Å². The fraction of sp³-hybridized carbons (Fsp3) is 0.0952. The maximum Gasteiger partial charge on any atom is 0.287 e. The Morgan fingerprint density at radius 3 is 2.24 bits per heavy atom. The van der Waals surface area contributed by atoms with E-state index in [2.05, 4.69) is 16.2 Å². The third-order valence-corrected chi connectivity index (χ3v) is 4.31. The van der Waals surface area contributed by atoms with Gasteiger partial charge in [0.15, 0.2) is 5.76 Å². The first kappa shape index (κ1) is 20.2. The van der Waals surface area contributed by atoms with Crippen molar-refractivity contribution in [2.75, 3.05) is 0 Å². The van der Waals surface area contributed by atoms with Crippen LogP contribution in [0.5, 0.6) is 0 Å². The highest BCUT2D eigenvalue weighted by Crippen LogP contribution is 2.09. The van der Waals surface area contributed by atoms with E-state index in [1.807, 2.05) is 30.3 Å². The summed E-state index contributed by atoms with van der Waals surface area (Å²) in [6.45, 7) is 0. The molecule has 3 rings (SSSR count). The van der Waals surface area contributed by atoms with Crippen LogP contribution in [0.1, 0.15) is 26.5 Å². The molecule has 29 heavy (non-hydrogen) atoms. The van der Waals surface area contributed by atoms with Gasteiger partial charge in [-0.25, -0.2) is 0 Å². The van der Waals surface area contributed by atoms with Gasteiger partial charge in [0.1, 0.15) is 6.04 Å². The molecule has 3 aromatic rings. The van der Waals surface area contributed by atoms with Gasteiger partial charge in [0.25, 0.3) is 17.7 Å². The van der Waals surface area contributed by atoms with Crippen LogP contribution in [0, 0.1) is 0 Å². The second kappa shape index (κ2) is 9.57. The minimum atomic E-state index is -0.930. The molecule has 7 nitrogen and oxygen atoms in total. The molecule has 148 valence electrons. The predicted molar refractivity (Wildman–Crippen MR) is 107 cm³/mol. The molecule has 0 radical (unpaired) electrons. The molecule has 1 atom stereocenters. The van der Waals surface area contributed by atoms with Crippen molar-refractivity contribution >= 4 is 29.3 Å². The van der Waals surface area contributed by atoms with E-state index in [9.17, 15) is 14.4 Å². The Bertz CT molecular complexity index is 973. The van der Waals surface area contributed by atoms with Crippen molar-refractivity contribution in [1.29, 1.82) is 0 Å². The van der Waals surface area contributed by atoms with E-state index in [1.54, 1.807) is 18.2 Å². The molecule has 0 saturated carbocycles. The molecule has 0 aliphatic heterocycles. The maximum absolute atomic E-state index is 12.7. The van der Waals surface area contributed by atoms with E-state index in [-0.39, 0.29) is 12.2 Å². The number of hydrogen-bond donors (Lipinski definition) is 3. The number of hydrazine groups is 1. The van der Waals surface area contributed by atoms with E-state index < -0.39 is 23.8 Å². The highest BCUT2D eigenvalue weighted by Gasteiger charge is 2.23. The number of amides is 3. The Morgan fingerprint density at radius 1 is 0.862 bits per heavy atom. The second-order valence-corrected chi connectivity index (χ2v) is 6.58. The van der Waals surface area contributed by atoms with Crippen molar-refractivity contribution in [3.05, 3.63) is 94.9 Å². The van der Waals surface area contributed by atoms with Crippen LogP contribution in [0.4, 0.5) is 0 Å². The summed E-state index contributed by atoms with van der Waals surface area (Å²) in [6.07, 6.45) is 1.60. The summed E-state index contributed by atoms with van der Waals surface area (Å²) in [5.74, 6) is -1.53. The summed E-state index contributed by atoms with van der Waals surface area (Å²) >= 11 is 5.80. The highest BCUT2D eigenvalue weighted by molar-refractivity contribution is 6.30. The van der Waals surface area contributed by atoms with Crippen LogP contribution in [-0.2, 0) is 11.2 Å². The molecule has 0 aliphatic rings. The van der Waals surface area contributed by atoms with E-state index in [4.69, 9.17) is 16.0 Å². The fourth-order valence-corrected chi connectivity index (χ4v) is 2.70. The van der Waals surface area contributed by atoms with Crippen LogP contribution in [0.15, 0.2) is 77.4 Å². The summed E-state index contributed by atoms with van der Waals surface area (Å²) in [6, 6.07) is 17.5. The molecule has 2 aromatic carbocycles. The van der Waals surface area contributed by atoms with E-state index in [0.717, 1.165) is 5.56 Å². The third kappa shape index (κ3) is 5.70. The van der Waals surface area contributed by atoms with Gasteiger partial charge in [-0.15, -0.1) is 0 Å². The van der Waals surface area contributed by atoms with Crippen LogP contribution in [0.3, 0.4) is 0 Å². The van der Waals surface area contributed by atoms with Gasteiger partial charge in [-0.2, -0.15) is 0 Å². The molecule has 3 amide bonds. The van der Waals surface area contributed by atoms with E-state index in [1.165, 1.54) is 24.5 Å². The lowest BCUT2D eigenvalue weighted by molar-refractivity contribution is -0.123. The Labute approximate surface area is 172 Å². The average Bonchev–Trinajstić information content (AvgIpc) is 3.27. The lowest BCUT2D eigenvalue weighted by Crippen LogP contribution is -2.53. The SMILES string of the molecule is O=C(NNC(=O)C(Cc1ccccc1)NC(=O)c1ccco1)c1ccc(Cl)cc1. The molecular formula is C21H18ClN3O4. The quantitative estimate of drug-likeness (QED) is 0.543. The molecule has 8 heteroatoms. The second-order valence-electron chi connectivity index (χ2n) is 6.14. The summed E-state index contributed by atoms with van der Waals surface area (Å²) in [5, 5.41) is 3.12. The molecule has 0 saturated heterocycles. The first-order valence-corrected chi connectivity index (χ1v) is 9.15. The van der Waals surface area contributed by atoms with Crippen molar-refractivity contribution in [3.8, 4) is 0 Å². The zero-order valence-corrected chi connectivity index (χ0v) is 16.0. The van der Waals surface area contributed by atoms with Crippen LogP contribution in [-0.4, -0.2) is 23.8 Å². The molecule has 0 fully saturated rings.